The van der Waals surface area contributed by atoms with Crippen LogP contribution < -0.4 is 5.48 Å². The summed E-state index contributed by atoms with van der Waals surface area (Å²) in [7, 11) is 1.83. The first-order valence-electron chi connectivity index (χ1n) is 6.04. The lowest BCUT2D eigenvalue weighted by Crippen LogP contribution is -2.13. The Hall–Kier alpha value is -1.25. The number of halogens is 1. The largest absolute Gasteiger partial charge is 0.381 e. The van der Waals surface area contributed by atoms with Crippen LogP contribution in [0.2, 0.25) is 0 Å². The van der Waals surface area contributed by atoms with Gasteiger partial charge in [-0.2, -0.15) is 5.10 Å². The number of ether oxygens (including phenoxy) is 1. The summed E-state index contributed by atoms with van der Waals surface area (Å²) in [5, 5.41) is 5.06. The van der Waals surface area contributed by atoms with Gasteiger partial charge in [-0.15, -0.1) is 0 Å². The Morgan fingerprint density at radius 2 is 2.47 bits per heavy atom. The minimum atomic E-state index is 0.446. The molecule has 0 radical (unpaired) electrons. The Bertz CT molecular complexity index is 582. The van der Waals surface area contributed by atoms with Gasteiger partial charge >= 0.3 is 0 Å². The number of hydrogen-bond donors (Lipinski definition) is 1. The maximum atomic E-state index is 5.50. The Kier molecular flexibility index (Phi) is 3.63. The lowest BCUT2D eigenvalue weighted by atomic mass is 10.1. The lowest BCUT2D eigenvalue weighted by molar-refractivity contribution is 0.126. The van der Waals surface area contributed by atoms with Gasteiger partial charge in [-0.25, -0.2) is 20.1 Å². The molecular weight excluding hydrogens is 314 g/mol. The zero-order valence-corrected chi connectivity index (χ0v) is 12.1. The molecule has 2 aromatic heterocycles. The van der Waals surface area contributed by atoms with Crippen LogP contribution >= 0.6 is 15.9 Å². The van der Waals surface area contributed by atoms with Crippen LogP contribution in [0.15, 0.2) is 10.9 Å². The van der Waals surface area contributed by atoms with E-state index < -0.39 is 0 Å². The maximum absolute atomic E-state index is 5.50. The zero-order chi connectivity index (χ0) is 13.2. The summed E-state index contributed by atoms with van der Waals surface area (Å²) in [6.45, 7) is 2.18. The van der Waals surface area contributed by atoms with Crippen molar-refractivity contribution in [3.05, 3.63) is 10.9 Å². The van der Waals surface area contributed by atoms with Gasteiger partial charge in [0.25, 0.3) is 0 Å². The number of rotatable bonds is 4. The van der Waals surface area contributed by atoms with E-state index in [2.05, 4.69) is 36.5 Å². The monoisotopic (exact) mass is 327 g/mol. The van der Waals surface area contributed by atoms with E-state index >= 15 is 0 Å². The first-order valence-corrected chi connectivity index (χ1v) is 6.83. The van der Waals surface area contributed by atoms with E-state index in [1.165, 1.54) is 6.33 Å². The van der Waals surface area contributed by atoms with Crippen molar-refractivity contribution < 1.29 is 9.57 Å². The molecule has 3 rings (SSSR count). The number of fused-ring (bicyclic) bond motifs is 1. The third-order valence-electron chi connectivity index (χ3n) is 3.09. The summed E-state index contributed by atoms with van der Waals surface area (Å²) in [6, 6.07) is 0. The normalized spacial score (nSPS) is 19.2. The van der Waals surface area contributed by atoms with E-state index in [1.807, 2.05) is 7.05 Å². The molecule has 1 unspecified atom stereocenters. The van der Waals surface area contributed by atoms with Gasteiger partial charge in [0.15, 0.2) is 11.5 Å². The average molecular weight is 328 g/mol. The quantitative estimate of drug-likeness (QED) is 0.858. The highest BCUT2D eigenvalue weighted by atomic mass is 79.9. The second kappa shape index (κ2) is 5.40. The van der Waals surface area contributed by atoms with E-state index in [0.29, 0.717) is 22.9 Å². The van der Waals surface area contributed by atoms with E-state index in [9.17, 15) is 0 Å². The number of nitrogens with one attached hydrogen (secondary N) is 1. The lowest BCUT2D eigenvalue weighted by Gasteiger charge is -2.10. The minimum absolute atomic E-state index is 0.446. The molecule has 102 valence electrons. The van der Waals surface area contributed by atoms with Crippen LogP contribution in [-0.4, -0.2) is 39.6 Å². The summed E-state index contributed by atoms with van der Waals surface area (Å²) in [5.74, 6) is 1.06. The van der Waals surface area contributed by atoms with Gasteiger partial charge in [0, 0.05) is 19.6 Å². The number of nitrogens with zero attached hydrogens (tertiary/aromatic N) is 4. The minimum Gasteiger partial charge on any atom is -0.381 e. The predicted octanol–water partition coefficient (Wildman–Crippen LogP) is 1.51. The molecule has 19 heavy (non-hydrogen) atoms. The average Bonchev–Trinajstić information content (AvgIpc) is 3.00. The van der Waals surface area contributed by atoms with Crippen molar-refractivity contribution in [1.82, 2.24) is 19.7 Å². The van der Waals surface area contributed by atoms with Gasteiger partial charge in [0.1, 0.15) is 10.9 Å². The molecule has 3 heterocycles. The molecule has 0 spiro atoms. The Morgan fingerprint density at radius 3 is 3.26 bits per heavy atom. The number of aromatic nitrogens is 4. The van der Waals surface area contributed by atoms with Crippen molar-refractivity contribution in [1.29, 1.82) is 0 Å². The smallest absolute Gasteiger partial charge is 0.165 e. The second-order valence-corrected chi connectivity index (χ2v) is 5.23. The maximum Gasteiger partial charge on any atom is 0.165 e. The van der Waals surface area contributed by atoms with Gasteiger partial charge in [-0.3, -0.25) is 4.84 Å². The topological polar surface area (TPSA) is 74.1 Å². The predicted molar refractivity (Wildman–Crippen MR) is 72.5 cm³/mol. The summed E-state index contributed by atoms with van der Waals surface area (Å²) < 4.78 is 7.69. The van der Waals surface area contributed by atoms with E-state index in [-0.39, 0.29) is 0 Å². The van der Waals surface area contributed by atoms with Gasteiger partial charge in [-0.05, 0) is 22.4 Å². The molecule has 0 aliphatic carbocycles. The van der Waals surface area contributed by atoms with Crippen LogP contribution in [0.5, 0.6) is 0 Å². The molecule has 1 aliphatic heterocycles. The molecular formula is C11H14BrN5O2. The van der Waals surface area contributed by atoms with Crippen molar-refractivity contribution >= 4 is 32.8 Å². The van der Waals surface area contributed by atoms with Crippen molar-refractivity contribution in [2.45, 2.75) is 6.42 Å². The highest BCUT2D eigenvalue weighted by Gasteiger charge is 2.17. The molecule has 1 N–H and O–H groups in total. The van der Waals surface area contributed by atoms with Crippen molar-refractivity contribution in [3.8, 4) is 0 Å². The first-order chi connectivity index (χ1) is 9.25. The molecule has 7 nitrogen and oxygen atoms in total. The van der Waals surface area contributed by atoms with E-state index in [1.54, 1.807) is 4.68 Å². The molecule has 1 atom stereocenters. The molecule has 0 bridgehead atoms. The fraction of sp³-hybridized carbons (Fsp3) is 0.545. The standard InChI is InChI=1S/C11H14BrN5O2/c1-17-11-8(9(12)15-17)10(13-6-14-11)16-19-5-7-2-3-18-4-7/h6-7H,2-5H2,1H3,(H,13,14,16). The van der Waals surface area contributed by atoms with Crippen LogP contribution in [0.4, 0.5) is 5.82 Å². The SMILES string of the molecule is Cn1nc(Br)c2c(NOCC3CCOC3)ncnc21. The Labute approximate surface area is 118 Å². The van der Waals surface area contributed by atoms with Crippen LogP contribution in [0.25, 0.3) is 11.0 Å². The molecule has 1 fully saturated rings. The van der Waals surface area contributed by atoms with Crippen LogP contribution in [0.3, 0.4) is 0 Å². The third kappa shape index (κ3) is 2.56. The molecule has 1 saturated heterocycles. The molecule has 0 aromatic carbocycles. The van der Waals surface area contributed by atoms with Crippen molar-refractivity contribution in [2.24, 2.45) is 13.0 Å². The highest BCUT2D eigenvalue weighted by molar-refractivity contribution is 9.10. The first kappa shape index (κ1) is 12.8. The summed E-state index contributed by atoms with van der Waals surface area (Å²) in [5.41, 5.74) is 3.63. The number of anilines is 1. The zero-order valence-electron chi connectivity index (χ0n) is 10.5. The van der Waals surface area contributed by atoms with Crippen molar-refractivity contribution in [2.75, 3.05) is 25.3 Å². The van der Waals surface area contributed by atoms with Crippen LogP contribution in [-0.2, 0) is 16.6 Å². The third-order valence-corrected chi connectivity index (χ3v) is 3.64. The van der Waals surface area contributed by atoms with Gasteiger partial charge in [-0.1, -0.05) is 0 Å². The molecule has 0 saturated carbocycles. The van der Waals surface area contributed by atoms with Gasteiger partial charge in [0.05, 0.1) is 18.6 Å². The van der Waals surface area contributed by atoms with Gasteiger partial charge in [0.2, 0.25) is 0 Å². The highest BCUT2D eigenvalue weighted by Crippen LogP contribution is 2.26. The molecule has 1 aliphatic rings. The fourth-order valence-electron chi connectivity index (χ4n) is 2.06. The van der Waals surface area contributed by atoms with E-state index in [0.717, 1.165) is 30.7 Å². The van der Waals surface area contributed by atoms with Crippen LogP contribution in [0, 0.1) is 5.92 Å². The summed E-state index contributed by atoms with van der Waals surface area (Å²) >= 11 is 3.40. The Balaban J connectivity index is 1.73. The summed E-state index contributed by atoms with van der Waals surface area (Å²) in [4.78, 5) is 13.9. The second-order valence-electron chi connectivity index (χ2n) is 4.48. The molecule has 0 amide bonds. The molecule has 8 heteroatoms. The fourth-order valence-corrected chi connectivity index (χ4v) is 2.66. The van der Waals surface area contributed by atoms with Crippen LogP contribution in [0.1, 0.15) is 6.42 Å². The number of aryl methyl sites for hydroxylation is 1. The van der Waals surface area contributed by atoms with E-state index in [4.69, 9.17) is 9.57 Å². The Morgan fingerprint density at radius 1 is 1.58 bits per heavy atom. The summed E-state index contributed by atoms with van der Waals surface area (Å²) in [6.07, 6.45) is 2.53. The number of hydrogen-bond acceptors (Lipinski definition) is 6. The van der Waals surface area contributed by atoms with Gasteiger partial charge < -0.3 is 4.74 Å². The van der Waals surface area contributed by atoms with Crippen molar-refractivity contribution in [3.63, 3.8) is 0 Å². The molecule has 2 aromatic rings.